The van der Waals surface area contributed by atoms with Crippen LogP contribution in [0.5, 0.6) is 0 Å². The average molecular weight is 496 g/mol. The van der Waals surface area contributed by atoms with Gasteiger partial charge < -0.3 is 10.2 Å². The van der Waals surface area contributed by atoms with Gasteiger partial charge in [0.15, 0.2) is 0 Å². The van der Waals surface area contributed by atoms with Gasteiger partial charge >= 0.3 is 0 Å². The van der Waals surface area contributed by atoms with Crippen molar-refractivity contribution >= 4 is 43.5 Å². The molecule has 0 saturated heterocycles. The molecule has 2 N–H and O–H groups in total. The number of aryl methyl sites for hydroxylation is 3. The lowest BCUT2D eigenvalue weighted by atomic mass is 10.2. The Kier molecular flexibility index (Phi) is 8.17. The molecule has 2 aromatic carbocycles. The highest BCUT2D eigenvalue weighted by atomic mass is 79.9. The van der Waals surface area contributed by atoms with Gasteiger partial charge in [0.05, 0.1) is 11.4 Å². The van der Waals surface area contributed by atoms with Gasteiger partial charge in [0, 0.05) is 30.2 Å². The third-order valence-electron chi connectivity index (χ3n) is 4.52. The highest BCUT2D eigenvalue weighted by Crippen LogP contribution is 2.20. The fraction of sp³-hybridized carbons (Fsp3) is 0.333. The van der Waals surface area contributed by atoms with Crippen LogP contribution in [0.3, 0.4) is 0 Å². The molecule has 0 aliphatic carbocycles. The summed E-state index contributed by atoms with van der Waals surface area (Å²) in [5.74, 6) is -0.659. The molecule has 0 unspecified atom stereocenters. The number of amides is 2. The molecule has 0 radical (unpaired) electrons. The third-order valence-corrected chi connectivity index (χ3v) is 6.63. The van der Waals surface area contributed by atoms with Gasteiger partial charge in [-0.2, -0.15) is 0 Å². The molecule has 0 atom stereocenters. The highest BCUT2D eigenvalue weighted by Gasteiger charge is 2.18. The number of halogens is 1. The first-order valence-electron chi connectivity index (χ1n) is 9.36. The molecule has 0 bridgehead atoms. The second-order valence-corrected chi connectivity index (χ2v) is 9.82. The number of sulfonamides is 1. The Morgan fingerprint density at radius 1 is 1.03 bits per heavy atom. The Hall–Kier alpha value is -2.23. The number of hydrogen-bond acceptors (Lipinski definition) is 4. The van der Waals surface area contributed by atoms with Crippen LogP contribution in [0, 0.1) is 20.8 Å². The number of carbonyl (C=O) groups is 2. The predicted octanol–water partition coefficient (Wildman–Crippen LogP) is 3.14. The van der Waals surface area contributed by atoms with E-state index in [-0.39, 0.29) is 36.2 Å². The minimum absolute atomic E-state index is 0.0493. The van der Waals surface area contributed by atoms with Crippen LogP contribution in [0.4, 0.5) is 5.69 Å². The number of hydrogen-bond donors (Lipinski definition) is 2. The molecule has 2 aromatic rings. The first-order valence-corrected chi connectivity index (χ1v) is 11.6. The summed E-state index contributed by atoms with van der Waals surface area (Å²) in [7, 11) is -2.20. The van der Waals surface area contributed by atoms with Crippen LogP contribution in [0.1, 0.15) is 23.1 Å². The van der Waals surface area contributed by atoms with Crippen molar-refractivity contribution in [1.82, 2.24) is 9.62 Å². The smallest absolute Gasteiger partial charge is 0.243 e. The Balaban J connectivity index is 1.86. The summed E-state index contributed by atoms with van der Waals surface area (Å²) in [6, 6.07) is 10.5. The van der Waals surface area contributed by atoms with E-state index in [1.165, 1.54) is 11.9 Å². The van der Waals surface area contributed by atoms with Gasteiger partial charge in [0.25, 0.3) is 0 Å². The van der Waals surface area contributed by atoms with E-state index in [1.54, 1.807) is 31.2 Å². The number of nitrogens with one attached hydrogen (secondary N) is 2. The first-order chi connectivity index (χ1) is 14.0. The van der Waals surface area contributed by atoms with E-state index in [1.807, 2.05) is 26.0 Å². The zero-order valence-electron chi connectivity index (χ0n) is 17.5. The second-order valence-electron chi connectivity index (χ2n) is 7.17. The van der Waals surface area contributed by atoms with Gasteiger partial charge in [-0.05, 0) is 56.2 Å². The average Bonchev–Trinajstić information content (AvgIpc) is 2.63. The predicted molar refractivity (Wildman–Crippen MR) is 121 cm³/mol. The summed E-state index contributed by atoms with van der Waals surface area (Å²) in [5.41, 5.74) is 3.18. The molecule has 0 saturated carbocycles. The summed E-state index contributed by atoms with van der Waals surface area (Å²) in [6.07, 6.45) is -0.0504. The summed E-state index contributed by atoms with van der Waals surface area (Å²) in [5, 5.41) is 2.77. The zero-order valence-corrected chi connectivity index (χ0v) is 19.9. The van der Waals surface area contributed by atoms with Crippen molar-refractivity contribution in [2.75, 3.05) is 25.5 Å². The molecular formula is C21H26BrN3O4S. The lowest BCUT2D eigenvalue weighted by Crippen LogP contribution is -2.37. The number of nitrogens with zero attached hydrogens (tertiary/aromatic N) is 1. The molecule has 0 aliphatic heterocycles. The lowest BCUT2D eigenvalue weighted by molar-refractivity contribution is -0.133. The Labute approximate surface area is 186 Å². The van der Waals surface area contributed by atoms with Crippen LogP contribution in [0.2, 0.25) is 0 Å². The number of rotatable bonds is 8. The molecule has 30 heavy (non-hydrogen) atoms. The van der Waals surface area contributed by atoms with Gasteiger partial charge in [-0.1, -0.05) is 33.6 Å². The van der Waals surface area contributed by atoms with E-state index < -0.39 is 10.0 Å². The standard InChI is InChI=1S/C21H26BrN3O4S/c1-14-5-8-19(16(3)11-14)30(28,29)23-10-9-21(27)25(4)13-20(26)24-18-7-6-17(22)12-15(18)2/h5-8,11-12,23H,9-10,13H2,1-4H3,(H,24,26). The Morgan fingerprint density at radius 2 is 1.73 bits per heavy atom. The van der Waals surface area contributed by atoms with E-state index in [4.69, 9.17) is 0 Å². The zero-order chi connectivity index (χ0) is 22.5. The van der Waals surface area contributed by atoms with E-state index >= 15 is 0 Å². The number of likely N-dealkylation sites (N-methyl/N-ethyl adjacent to an activating group) is 1. The van der Waals surface area contributed by atoms with Crippen molar-refractivity contribution in [3.8, 4) is 0 Å². The number of carbonyl (C=O) groups excluding carboxylic acids is 2. The maximum atomic E-state index is 12.4. The fourth-order valence-corrected chi connectivity index (χ4v) is 4.65. The van der Waals surface area contributed by atoms with Gasteiger partial charge in [-0.15, -0.1) is 0 Å². The van der Waals surface area contributed by atoms with E-state index in [9.17, 15) is 18.0 Å². The summed E-state index contributed by atoms with van der Waals surface area (Å²) < 4.78 is 28.3. The first kappa shape index (κ1) is 24.0. The van der Waals surface area contributed by atoms with Crippen LogP contribution < -0.4 is 10.0 Å². The van der Waals surface area contributed by atoms with Crippen LogP contribution in [0.15, 0.2) is 45.8 Å². The lowest BCUT2D eigenvalue weighted by Gasteiger charge is -2.18. The maximum absolute atomic E-state index is 12.4. The Bertz CT molecular complexity index is 1050. The van der Waals surface area contributed by atoms with Crippen LogP contribution in [0.25, 0.3) is 0 Å². The monoisotopic (exact) mass is 495 g/mol. The van der Waals surface area contributed by atoms with E-state index in [0.717, 1.165) is 15.6 Å². The van der Waals surface area contributed by atoms with Crippen molar-refractivity contribution in [2.45, 2.75) is 32.1 Å². The SMILES string of the molecule is Cc1ccc(S(=O)(=O)NCCC(=O)N(C)CC(=O)Nc2ccc(Br)cc2C)c(C)c1. The van der Waals surface area contributed by atoms with Crippen LogP contribution in [-0.4, -0.2) is 45.3 Å². The normalized spacial score (nSPS) is 11.2. The van der Waals surface area contributed by atoms with Gasteiger partial charge in [0.2, 0.25) is 21.8 Å². The number of benzene rings is 2. The second kappa shape index (κ2) is 10.2. The molecule has 9 heteroatoms. The van der Waals surface area contributed by atoms with E-state index in [2.05, 4.69) is 26.0 Å². The van der Waals surface area contributed by atoms with E-state index in [0.29, 0.717) is 11.3 Å². The van der Waals surface area contributed by atoms with Crippen molar-refractivity contribution in [3.63, 3.8) is 0 Å². The van der Waals surface area contributed by atoms with Crippen molar-refractivity contribution in [2.24, 2.45) is 0 Å². The number of anilines is 1. The summed E-state index contributed by atoms with van der Waals surface area (Å²) in [6.45, 7) is 5.31. The largest absolute Gasteiger partial charge is 0.336 e. The molecule has 7 nitrogen and oxygen atoms in total. The van der Waals surface area contributed by atoms with Gasteiger partial charge in [-0.3, -0.25) is 9.59 Å². The topological polar surface area (TPSA) is 95.6 Å². The molecule has 2 amide bonds. The molecular weight excluding hydrogens is 470 g/mol. The molecule has 0 spiro atoms. The molecule has 0 aromatic heterocycles. The highest BCUT2D eigenvalue weighted by molar-refractivity contribution is 9.10. The minimum Gasteiger partial charge on any atom is -0.336 e. The van der Waals surface area contributed by atoms with Crippen molar-refractivity contribution in [3.05, 3.63) is 57.6 Å². The van der Waals surface area contributed by atoms with Crippen molar-refractivity contribution in [1.29, 1.82) is 0 Å². The minimum atomic E-state index is -3.70. The maximum Gasteiger partial charge on any atom is 0.243 e. The summed E-state index contributed by atoms with van der Waals surface area (Å²) in [4.78, 5) is 26.0. The quantitative estimate of drug-likeness (QED) is 0.587. The molecule has 0 fully saturated rings. The molecule has 162 valence electrons. The van der Waals surface area contributed by atoms with Crippen LogP contribution in [-0.2, 0) is 19.6 Å². The summed E-state index contributed by atoms with van der Waals surface area (Å²) >= 11 is 3.37. The fourth-order valence-electron chi connectivity index (χ4n) is 2.92. The third kappa shape index (κ3) is 6.65. The van der Waals surface area contributed by atoms with Crippen LogP contribution >= 0.6 is 15.9 Å². The van der Waals surface area contributed by atoms with Crippen molar-refractivity contribution < 1.29 is 18.0 Å². The molecule has 2 rings (SSSR count). The van der Waals surface area contributed by atoms with Gasteiger partial charge in [-0.25, -0.2) is 13.1 Å². The van der Waals surface area contributed by atoms with Gasteiger partial charge in [0.1, 0.15) is 0 Å². The Morgan fingerprint density at radius 3 is 2.37 bits per heavy atom. The molecule has 0 aliphatic rings. The molecule has 0 heterocycles.